The molecule has 17 heteroatoms. The maximum Gasteiger partial charge on any atom is 0.324 e. The van der Waals surface area contributed by atoms with E-state index in [4.69, 9.17) is 24.2 Å². The summed E-state index contributed by atoms with van der Waals surface area (Å²) in [5.74, 6) is -1.71. The van der Waals surface area contributed by atoms with Gasteiger partial charge in [0.2, 0.25) is 11.8 Å². The highest BCUT2D eigenvalue weighted by Gasteiger charge is 2.40. The Morgan fingerprint density at radius 2 is 1.89 bits per heavy atom. The summed E-state index contributed by atoms with van der Waals surface area (Å²) in [5, 5.41) is 8.24. The average molecular weight is 915 g/mol. The lowest BCUT2D eigenvalue weighted by Gasteiger charge is -2.36. The third-order valence-electron chi connectivity index (χ3n) is 12.7. The van der Waals surface area contributed by atoms with Gasteiger partial charge in [0.1, 0.15) is 18.1 Å². The van der Waals surface area contributed by atoms with E-state index in [1.807, 2.05) is 39.3 Å². The fraction of sp³-hybridized carbons (Fsp3) is 0.562. The Bertz CT molecular complexity index is 2340. The molecule has 2 N–H and O–H groups in total. The molecular weight excluding hydrogens is 849 g/mol. The van der Waals surface area contributed by atoms with Gasteiger partial charge >= 0.3 is 5.97 Å². The molecule has 2 fully saturated rings. The molecule has 3 aromatic heterocycles. The van der Waals surface area contributed by atoms with E-state index in [9.17, 15) is 19.2 Å². The predicted octanol–water partition coefficient (Wildman–Crippen LogP) is 5.43. The Morgan fingerprint density at radius 3 is 2.55 bits per heavy atom. The SMILES string of the molecule is CCn1c(-c2cccnc2C(C)OC)c2c3cc(ccc31)-c1csc(n1)CC(NC(=O)C(C(C)C)N(C)C(=O)C1CCN(C)C1)C(=O)N1CCC[C@H](N1)C(=O)OCC(C)(C)C2.COC=O. The van der Waals surface area contributed by atoms with E-state index in [1.54, 1.807) is 25.3 Å². The molecule has 7 rings (SSSR count). The molecule has 0 spiro atoms. The number of thiazole rings is 1. The lowest BCUT2D eigenvalue weighted by atomic mass is 9.84. The van der Waals surface area contributed by atoms with Gasteiger partial charge in [0, 0.05) is 79.2 Å². The third-order valence-corrected chi connectivity index (χ3v) is 13.5. The fourth-order valence-corrected chi connectivity index (χ4v) is 10.2. The summed E-state index contributed by atoms with van der Waals surface area (Å²) >= 11 is 1.43. The van der Waals surface area contributed by atoms with Gasteiger partial charge in [0.05, 0.1) is 47.8 Å². The lowest BCUT2D eigenvalue weighted by molar-refractivity contribution is -0.155. The molecule has 4 aromatic rings. The van der Waals surface area contributed by atoms with Gasteiger partial charge in [-0.25, -0.2) is 10.4 Å². The number of cyclic esters (lactones) is 1. The number of carbonyl (C=O) groups is 5. The number of pyridine rings is 1. The lowest BCUT2D eigenvalue weighted by Crippen LogP contribution is -2.62. The van der Waals surface area contributed by atoms with Gasteiger partial charge in [0.25, 0.3) is 12.4 Å². The van der Waals surface area contributed by atoms with E-state index in [0.29, 0.717) is 50.4 Å². The van der Waals surface area contributed by atoms with Crippen molar-refractivity contribution in [2.24, 2.45) is 17.3 Å². The number of likely N-dealkylation sites (tertiary alicyclic amines) is 1. The number of hydrogen-bond acceptors (Lipinski definition) is 13. The largest absolute Gasteiger partial charge is 0.471 e. The number of nitrogens with zero attached hydrogens (tertiary/aromatic N) is 6. The molecule has 2 saturated heterocycles. The van der Waals surface area contributed by atoms with Crippen LogP contribution in [0.4, 0.5) is 0 Å². The van der Waals surface area contributed by atoms with Gasteiger partial charge in [-0.05, 0) is 88.9 Å². The molecule has 3 aliphatic rings. The number of aryl methyl sites for hydroxylation is 1. The average Bonchev–Trinajstić information content (AvgIpc) is 4.04. The number of carbonyl (C=O) groups excluding carboxylic acids is 5. The van der Waals surface area contributed by atoms with E-state index in [0.717, 1.165) is 57.6 Å². The zero-order chi connectivity index (χ0) is 47.2. The Labute approximate surface area is 386 Å². The normalized spacial score (nSPS) is 21.2. The number of hydrazine groups is 1. The first kappa shape index (κ1) is 49.2. The summed E-state index contributed by atoms with van der Waals surface area (Å²) in [6.45, 7) is 15.2. The van der Waals surface area contributed by atoms with Crippen molar-refractivity contribution in [3.63, 3.8) is 0 Å². The smallest absolute Gasteiger partial charge is 0.324 e. The van der Waals surface area contributed by atoms with Crippen LogP contribution in [-0.4, -0.2) is 132 Å². The number of hydrogen-bond donors (Lipinski definition) is 2. The van der Waals surface area contributed by atoms with Crippen molar-refractivity contribution < 1.29 is 38.2 Å². The highest BCUT2D eigenvalue weighted by molar-refractivity contribution is 7.10. The number of fused-ring (bicyclic) bond motifs is 6. The number of benzene rings is 1. The van der Waals surface area contributed by atoms with Gasteiger partial charge in [-0.3, -0.25) is 34.0 Å². The summed E-state index contributed by atoms with van der Waals surface area (Å²) in [5.41, 5.74) is 9.42. The van der Waals surface area contributed by atoms with Gasteiger partial charge < -0.3 is 33.9 Å². The molecule has 0 saturated carbocycles. The van der Waals surface area contributed by atoms with Crippen molar-refractivity contribution in [3.05, 3.63) is 58.2 Å². The van der Waals surface area contributed by atoms with E-state index in [1.165, 1.54) is 23.5 Å². The standard InChI is InChI=1S/C46H62N8O6S.C2H4O2/c1-10-53-37-16-15-29-21-32(37)33(41(53)31-13-11-18-47-39(31)28(4)59-9)23-46(5,6)26-60-45(58)34-14-12-19-54(50-34)44(57)35(22-38-48-36(29)25-61-38)49-42(55)40(27(2)3)52(8)43(56)30-17-20-51(7)24-30;1-4-2-3/h11,13,15-16,18,21,25,27-28,30,34-35,40,50H,10,12,14,17,19-20,22-24,26H2,1-9H3,(H,49,55);2H,1H3/t28?,30?,34-,35?,40?;/m0./s1. The zero-order valence-electron chi connectivity index (χ0n) is 39.5. The van der Waals surface area contributed by atoms with Crippen molar-refractivity contribution in [2.45, 2.75) is 104 Å². The van der Waals surface area contributed by atoms with Gasteiger partial charge in [-0.15, -0.1) is 11.3 Å². The molecule has 4 unspecified atom stereocenters. The minimum Gasteiger partial charge on any atom is -0.471 e. The van der Waals surface area contributed by atoms with Gasteiger partial charge in [0.15, 0.2) is 0 Å². The van der Waals surface area contributed by atoms with E-state index >= 15 is 0 Å². The predicted molar refractivity (Wildman–Crippen MR) is 249 cm³/mol. The highest BCUT2D eigenvalue weighted by atomic mass is 32.1. The third kappa shape index (κ3) is 11.1. The number of likely N-dealkylation sites (N-methyl/N-ethyl adjacent to an activating group) is 1. The number of nitrogens with one attached hydrogen (secondary N) is 2. The maximum absolute atomic E-state index is 14.5. The van der Waals surface area contributed by atoms with Gasteiger partial charge in [-0.2, -0.15) is 0 Å². The first-order valence-electron chi connectivity index (χ1n) is 22.6. The summed E-state index contributed by atoms with van der Waals surface area (Å²) in [6.07, 6.45) is 4.07. The molecular formula is C48H66N8O8S. The van der Waals surface area contributed by atoms with E-state index < -0.39 is 35.4 Å². The molecule has 0 aliphatic carbocycles. The number of aromatic nitrogens is 3. The van der Waals surface area contributed by atoms with Crippen LogP contribution in [0.3, 0.4) is 0 Å². The minimum atomic E-state index is -1.02. The Balaban J connectivity index is 0.00000168. The van der Waals surface area contributed by atoms with Crippen LogP contribution in [0.1, 0.15) is 83.2 Å². The number of amides is 3. The van der Waals surface area contributed by atoms with Gasteiger partial charge in [-0.1, -0.05) is 33.8 Å². The van der Waals surface area contributed by atoms with Crippen molar-refractivity contribution in [1.82, 2.24) is 40.1 Å². The van der Waals surface area contributed by atoms with Crippen LogP contribution >= 0.6 is 11.3 Å². The van der Waals surface area contributed by atoms with Crippen LogP contribution in [0.2, 0.25) is 0 Å². The first-order chi connectivity index (χ1) is 31.0. The molecule has 6 bridgehead atoms. The van der Waals surface area contributed by atoms with E-state index in [2.05, 4.69) is 70.0 Å². The molecule has 1 aromatic carbocycles. The molecule has 3 amide bonds. The van der Waals surface area contributed by atoms with Crippen LogP contribution in [-0.2, 0) is 57.6 Å². The topological polar surface area (TPSA) is 178 Å². The molecule has 6 heterocycles. The minimum absolute atomic E-state index is 0.0760. The Hall–Kier alpha value is -5.23. The quantitative estimate of drug-likeness (QED) is 0.153. The number of rotatable bonds is 10. The monoisotopic (exact) mass is 914 g/mol. The Kier molecular flexibility index (Phi) is 16.2. The van der Waals surface area contributed by atoms with Crippen LogP contribution in [0, 0.1) is 17.3 Å². The number of methoxy groups -OCH3 is 2. The van der Waals surface area contributed by atoms with E-state index in [-0.39, 0.29) is 42.8 Å². The van der Waals surface area contributed by atoms with Crippen molar-refractivity contribution >= 4 is 52.4 Å². The molecule has 352 valence electrons. The van der Waals surface area contributed by atoms with Crippen molar-refractivity contribution in [2.75, 3.05) is 54.6 Å². The summed E-state index contributed by atoms with van der Waals surface area (Å²) in [7, 11) is 6.68. The summed E-state index contributed by atoms with van der Waals surface area (Å²) in [6, 6.07) is 7.90. The Morgan fingerprint density at radius 1 is 1.14 bits per heavy atom. The van der Waals surface area contributed by atoms with Crippen LogP contribution in [0.15, 0.2) is 41.9 Å². The number of ether oxygens (including phenoxy) is 3. The first-order valence-corrected chi connectivity index (χ1v) is 23.4. The number of esters is 1. The second-order valence-electron chi connectivity index (χ2n) is 18.5. The highest BCUT2D eigenvalue weighted by Crippen LogP contribution is 2.42. The molecule has 3 aliphatic heterocycles. The van der Waals surface area contributed by atoms with Crippen LogP contribution in [0.5, 0.6) is 0 Å². The van der Waals surface area contributed by atoms with Crippen LogP contribution in [0.25, 0.3) is 33.4 Å². The molecule has 5 atom stereocenters. The molecule has 65 heavy (non-hydrogen) atoms. The van der Waals surface area contributed by atoms with Crippen molar-refractivity contribution in [1.29, 1.82) is 0 Å². The summed E-state index contributed by atoms with van der Waals surface area (Å²) < 4.78 is 18.1. The summed E-state index contributed by atoms with van der Waals surface area (Å²) in [4.78, 5) is 78.9. The maximum atomic E-state index is 14.5. The second kappa shape index (κ2) is 21.4. The fourth-order valence-electron chi connectivity index (χ4n) is 9.31. The molecule has 16 nitrogen and oxygen atoms in total. The zero-order valence-corrected chi connectivity index (χ0v) is 40.3. The van der Waals surface area contributed by atoms with Crippen molar-refractivity contribution in [3.8, 4) is 22.5 Å². The van der Waals surface area contributed by atoms with Crippen LogP contribution < -0.4 is 10.7 Å². The second-order valence-corrected chi connectivity index (χ2v) is 19.4. The molecule has 0 radical (unpaired) electrons.